The average Bonchev–Trinajstić information content (AvgIpc) is 3.23. The van der Waals surface area contributed by atoms with Gasteiger partial charge in [0.2, 0.25) is 5.91 Å². The number of guanidine groups is 1. The van der Waals surface area contributed by atoms with E-state index in [1.807, 2.05) is 0 Å². The Hall–Kier alpha value is -2.11. The van der Waals surface area contributed by atoms with E-state index in [-0.39, 0.29) is 18.3 Å². The Morgan fingerprint density at radius 2 is 2.00 bits per heavy atom. The smallest absolute Gasteiger partial charge is 0.243 e. The Kier molecular flexibility index (Phi) is 6.12. The van der Waals surface area contributed by atoms with Gasteiger partial charge in [-0.3, -0.25) is 4.79 Å². The molecule has 2 bridgehead atoms. The topological polar surface area (TPSA) is 56.7 Å². The van der Waals surface area contributed by atoms with Crippen LogP contribution >= 0.6 is 0 Å². The molecule has 26 heavy (non-hydrogen) atoms. The first kappa shape index (κ1) is 18.7. The van der Waals surface area contributed by atoms with Crippen molar-refractivity contribution in [1.82, 2.24) is 15.5 Å². The largest absolute Gasteiger partial charge is 0.356 e. The Labute approximate surface area is 155 Å². The number of hydrogen-bond donors (Lipinski definition) is 2. The van der Waals surface area contributed by atoms with Crippen LogP contribution in [-0.4, -0.2) is 50.0 Å². The van der Waals surface area contributed by atoms with Crippen molar-refractivity contribution in [2.75, 3.05) is 27.2 Å². The summed E-state index contributed by atoms with van der Waals surface area (Å²) >= 11 is 0. The number of carbonyl (C=O) groups excluding carboxylic acids is 1. The molecule has 3 rings (SSSR count). The van der Waals surface area contributed by atoms with E-state index in [4.69, 9.17) is 0 Å². The summed E-state index contributed by atoms with van der Waals surface area (Å²) in [5.41, 5.74) is 1.07. The van der Waals surface area contributed by atoms with Crippen molar-refractivity contribution in [2.24, 2.45) is 16.8 Å². The Morgan fingerprint density at radius 1 is 1.23 bits per heavy atom. The fourth-order valence-corrected chi connectivity index (χ4v) is 4.01. The Bertz CT molecular complexity index is 644. The molecule has 2 aliphatic rings. The lowest BCUT2D eigenvalue weighted by Gasteiger charge is -2.25. The van der Waals surface area contributed by atoms with E-state index in [0.29, 0.717) is 18.5 Å². The number of amides is 1. The molecule has 0 heterocycles. The number of halogens is 1. The van der Waals surface area contributed by atoms with Gasteiger partial charge in [0.25, 0.3) is 0 Å². The van der Waals surface area contributed by atoms with Crippen LogP contribution in [0.5, 0.6) is 0 Å². The summed E-state index contributed by atoms with van der Waals surface area (Å²) in [6.07, 6.45) is 5.94. The maximum absolute atomic E-state index is 13.0. The van der Waals surface area contributed by atoms with Crippen LogP contribution in [0, 0.1) is 17.7 Å². The maximum atomic E-state index is 13.0. The molecule has 1 aromatic carbocycles. The minimum absolute atomic E-state index is 0.0161. The van der Waals surface area contributed by atoms with Gasteiger partial charge in [0, 0.05) is 26.7 Å². The lowest BCUT2D eigenvalue weighted by atomic mass is 9.95. The standard InChI is InChI=1S/C20H29FN4O/c1-25(2)19(26)13-23-20(24-18-12-15-3-6-16(18)11-15)22-10-9-14-4-7-17(21)8-5-14/h4-5,7-8,15-16,18H,3,6,9-13H2,1-2H3,(H2,22,23,24). The zero-order chi connectivity index (χ0) is 18.5. The molecule has 142 valence electrons. The Morgan fingerprint density at radius 3 is 2.62 bits per heavy atom. The summed E-state index contributed by atoms with van der Waals surface area (Å²) in [7, 11) is 3.48. The van der Waals surface area contributed by atoms with Crippen molar-refractivity contribution in [1.29, 1.82) is 0 Å². The third-order valence-corrected chi connectivity index (χ3v) is 5.55. The molecule has 0 spiro atoms. The second-order valence-electron chi connectivity index (χ2n) is 7.68. The minimum atomic E-state index is -0.218. The molecule has 1 amide bonds. The summed E-state index contributed by atoms with van der Waals surface area (Å²) in [6.45, 7) is 0.828. The van der Waals surface area contributed by atoms with Gasteiger partial charge in [-0.05, 0) is 55.2 Å². The summed E-state index contributed by atoms with van der Waals surface area (Å²) in [5, 5.41) is 6.88. The Balaban J connectivity index is 1.55. The van der Waals surface area contributed by atoms with Crippen molar-refractivity contribution in [3.63, 3.8) is 0 Å². The first-order chi connectivity index (χ1) is 12.5. The van der Waals surface area contributed by atoms with Gasteiger partial charge in [-0.15, -0.1) is 0 Å². The SMILES string of the molecule is CN(C)C(=O)CN=C(NCCc1ccc(F)cc1)NC1CC2CCC1C2. The highest BCUT2D eigenvalue weighted by atomic mass is 19.1. The molecule has 1 aromatic rings. The molecule has 0 aromatic heterocycles. The second-order valence-corrected chi connectivity index (χ2v) is 7.68. The molecule has 6 heteroatoms. The van der Waals surface area contributed by atoms with E-state index in [1.165, 1.54) is 37.8 Å². The van der Waals surface area contributed by atoms with Gasteiger partial charge in [0.05, 0.1) is 0 Å². The predicted molar refractivity (Wildman–Crippen MR) is 101 cm³/mol. The van der Waals surface area contributed by atoms with Gasteiger partial charge < -0.3 is 15.5 Å². The molecule has 0 radical (unpaired) electrons. The van der Waals surface area contributed by atoms with E-state index in [2.05, 4.69) is 15.6 Å². The molecule has 3 atom stereocenters. The zero-order valence-corrected chi connectivity index (χ0v) is 15.7. The van der Waals surface area contributed by atoms with Crippen molar-refractivity contribution in [3.8, 4) is 0 Å². The van der Waals surface area contributed by atoms with Crippen molar-refractivity contribution < 1.29 is 9.18 Å². The van der Waals surface area contributed by atoms with Crippen LogP contribution in [-0.2, 0) is 11.2 Å². The monoisotopic (exact) mass is 360 g/mol. The van der Waals surface area contributed by atoms with Gasteiger partial charge in [-0.25, -0.2) is 9.38 Å². The van der Waals surface area contributed by atoms with Crippen LogP contribution in [0.15, 0.2) is 29.3 Å². The van der Waals surface area contributed by atoms with Gasteiger partial charge in [-0.2, -0.15) is 0 Å². The number of rotatable bonds is 6. The minimum Gasteiger partial charge on any atom is -0.356 e. The highest BCUT2D eigenvalue weighted by Gasteiger charge is 2.39. The zero-order valence-electron chi connectivity index (χ0n) is 15.7. The number of fused-ring (bicyclic) bond motifs is 2. The molecule has 2 saturated carbocycles. The second kappa shape index (κ2) is 8.52. The van der Waals surface area contributed by atoms with E-state index in [0.717, 1.165) is 23.8 Å². The van der Waals surface area contributed by atoms with Crippen molar-refractivity contribution in [2.45, 2.75) is 38.1 Å². The number of carbonyl (C=O) groups is 1. The maximum Gasteiger partial charge on any atom is 0.243 e. The molecule has 2 aliphatic carbocycles. The average molecular weight is 360 g/mol. The van der Waals surface area contributed by atoms with E-state index < -0.39 is 0 Å². The van der Waals surface area contributed by atoms with Crippen LogP contribution in [0.4, 0.5) is 4.39 Å². The van der Waals surface area contributed by atoms with Gasteiger partial charge >= 0.3 is 0 Å². The third-order valence-electron chi connectivity index (χ3n) is 5.55. The van der Waals surface area contributed by atoms with Gasteiger partial charge in [-0.1, -0.05) is 18.6 Å². The summed E-state index contributed by atoms with van der Waals surface area (Å²) < 4.78 is 13.0. The number of benzene rings is 1. The molecule has 0 aliphatic heterocycles. The summed E-state index contributed by atoms with van der Waals surface area (Å²) in [5.74, 6) is 2.05. The third kappa shape index (κ3) is 4.96. The lowest BCUT2D eigenvalue weighted by molar-refractivity contribution is -0.127. The van der Waals surface area contributed by atoms with E-state index in [1.54, 1.807) is 31.1 Å². The summed E-state index contributed by atoms with van der Waals surface area (Å²) in [6, 6.07) is 7.01. The first-order valence-electron chi connectivity index (χ1n) is 9.50. The van der Waals surface area contributed by atoms with Crippen LogP contribution < -0.4 is 10.6 Å². The number of hydrogen-bond acceptors (Lipinski definition) is 2. The van der Waals surface area contributed by atoms with E-state index >= 15 is 0 Å². The van der Waals surface area contributed by atoms with Crippen molar-refractivity contribution in [3.05, 3.63) is 35.6 Å². The quantitative estimate of drug-likeness (QED) is 0.604. The molecule has 0 saturated heterocycles. The number of aliphatic imine (C=N–C) groups is 1. The molecular formula is C20H29FN4O. The fourth-order valence-electron chi connectivity index (χ4n) is 4.01. The first-order valence-corrected chi connectivity index (χ1v) is 9.50. The van der Waals surface area contributed by atoms with E-state index in [9.17, 15) is 9.18 Å². The molecule has 5 nitrogen and oxygen atoms in total. The fraction of sp³-hybridized carbons (Fsp3) is 0.600. The van der Waals surface area contributed by atoms with Crippen LogP contribution in [0.1, 0.15) is 31.2 Å². The number of nitrogens with zero attached hydrogens (tertiary/aromatic N) is 2. The van der Waals surface area contributed by atoms with Gasteiger partial charge in [0.15, 0.2) is 5.96 Å². The molecule has 3 unspecified atom stereocenters. The van der Waals surface area contributed by atoms with Crippen LogP contribution in [0.25, 0.3) is 0 Å². The molecule has 2 N–H and O–H groups in total. The normalized spacial score (nSPS) is 24.6. The predicted octanol–water partition coefficient (Wildman–Crippen LogP) is 2.18. The van der Waals surface area contributed by atoms with Crippen LogP contribution in [0.3, 0.4) is 0 Å². The van der Waals surface area contributed by atoms with Crippen molar-refractivity contribution >= 4 is 11.9 Å². The number of likely N-dealkylation sites (N-methyl/N-ethyl adjacent to an activating group) is 1. The highest BCUT2D eigenvalue weighted by molar-refractivity contribution is 5.85. The van der Waals surface area contributed by atoms with Gasteiger partial charge in [0.1, 0.15) is 12.4 Å². The van der Waals surface area contributed by atoms with Crippen LogP contribution in [0.2, 0.25) is 0 Å². The summed E-state index contributed by atoms with van der Waals surface area (Å²) in [4.78, 5) is 17.9. The highest BCUT2D eigenvalue weighted by Crippen LogP contribution is 2.44. The molecule has 2 fully saturated rings. The number of nitrogens with one attached hydrogen (secondary N) is 2. The molecular weight excluding hydrogens is 331 g/mol. The lowest BCUT2D eigenvalue weighted by Crippen LogP contribution is -2.46.